The molecule has 34 heavy (non-hydrogen) atoms. The van der Waals surface area contributed by atoms with E-state index < -0.39 is 34.3 Å². The SMILES string of the molecule is Cc1cncc2c(S(=O)(=O)N3CC[C@@H](N)C3)cccc12.O=C(O)C(F)(F)F.O=C(O)C(F)(F)F. The Morgan fingerprint density at radius 1 is 1.03 bits per heavy atom. The number of sulfonamides is 1. The highest BCUT2D eigenvalue weighted by Gasteiger charge is 2.39. The zero-order valence-corrected chi connectivity index (χ0v) is 18.1. The summed E-state index contributed by atoms with van der Waals surface area (Å²) in [4.78, 5) is 22.2. The molecule has 0 spiro atoms. The van der Waals surface area contributed by atoms with E-state index in [1.165, 1.54) is 4.31 Å². The van der Waals surface area contributed by atoms with Gasteiger partial charge in [-0.05, 0) is 30.4 Å². The fourth-order valence-electron chi connectivity index (χ4n) is 2.65. The molecule has 190 valence electrons. The van der Waals surface area contributed by atoms with E-state index in [0.29, 0.717) is 29.8 Å². The zero-order valence-electron chi connectivity index (χ0n) is 17.3. The standard InChI is InChI=1S/C14H17N3O2S.2C2HF3O2/c1-10-7-16-8-13-12(10)3-2-4-14(13)20(18,19)17-6-5-11(15)9-17;2*3-2(4,5)1(6)7/h2-4,7-8,11H,5-6,9,15H2,1H3;2*(H,6,7)/t11-;;/m1../s1. The molecule has 0 bridgehead atoms. The van der Waals surface area contributed by atoms with Crippen LogP contribution in [-0.4, -0.2) is 71.3 Å². The minimum atomic E-state index is -5.08. The van der Waals surface area contributed by atoms with Crippen molar-refractivity contribution in [3.63, 3.8) is 0 Å². The smallest absolute Gasteiger partial charge is 0.475 e. The highest BCUT2D eigenvalue weighted by atomic mass is 32.2. The van der Waals surface area contributed by atoms with Crippen molar-refractivity contribution in [1.82, 2.24) is 9.29 Å². The van der Waals surface area contributed by atoms with Crippen LogP contribution in [0.2, 0.25) is 0 Å². The highest BCUT2D eigenvalue weighted by Crippen LogP contribution is 2.28. The molecule has 2 heterocycles. The second-order valence-electron chi connectivity index (χ2n) is 6.83. The molecule has 1 atom stereocenters. The molecule has 1 saturated heterocycles. The Labute approximate surface area is 188 Å². The largest absolute Gasteiger partial charge is 0.490 e. The van der Waals surface area contributed by atoms with E-state index in [0.717, 1.165) is 10.9 Å². The van der Waals surface area contributed by atoms with E-state index in [2.05, 4.69) is 4.98 Å². The third kappa shape index (κ3) is 7.81. The molecule has 1 aromatic heterocycles. The van der Waals surface area contributed by atoms with Gasteiger partial charge < -0.3 is 15.9 Å². The van der Waals surface area contributed by atoms with Gasteiger partial charge in [-0.25, -0.2) is 18.0 Å². The predicted molar refractivity (Wildman–Crippen MR) is 105 cm³/mol. The van der Waals surface area contributed by atoms with Gasteiger partial charge in [0.05, 0.1) is 4.90 Å². The molecule has 0 unspecified atom stereocenters. The summed E-state index contributed by atoms with van der Waals surface area (Å²) in [5, 5.41) is 15.8. The normalized spacial score (nSPS) is 16.8. The topological polar surface area (TPSA) is 151 Å². The molecule has 2 aromatic rings. The molecule has 1 aliphatic rings. The van der Waals surface area contributed by atoms with Crippen LogP contribution in [0.3, 0.4) is 0 Å². The van der Waals surface area contributed by atoms with Gasteiger partial charge in [0.2, 0.25) is 10.0 Å². The summed E-state index contributed by atoms with van der Waals surface area (Å²) in [5.41, 5.74) is 6.79. The number of hydrogen-bond donors (Lipinski definition) is 3. The lowest BCUT2D eigenvalue weighted by Crippen LogP contribution is -2.32. The molecule has 0 amide bonds. The summed E-state index contributed by atoms with van der Waals surface area (Å²) in [7, 11) is -3.50. The first-order chi connectivity index (χ1) is 15.4. The molecule has 0 radical (unpaired) electrons. The van der Waals surface area contributed by atoms with Crippen LogP contribution in [0, 0.1) is 6.92 Å². The Morgan fingerprint density at radius 2 is 1.53 bits per heavy atom. The number of nitrogens with two attached hydrogens (primary N) is 1. The van der Waals surface area contributed by atoms with Gasteiger partial charge in [0.15, 0.2) is 0 Å². The van der Waals surface area contributed by atoms with Gasteiger partial charge in [0.25, 0.3) is 0 Å². The number of carbonyl (C=O) groups is 2. The fourth-order valence-corrected chi connectivity index (χ4v) is 4.35. The van der Waals surface area contributed by atoms with E-state index >= 15 is 0 Å². The number of carboxylic acid groups (broad SMARTS) is 2. The van der Waals surface area contributed by atoms with Crippen molar-refractivity contribution >= 4 is 32.7 Å². The molecule has 3 rings (SSSR count). The summed E-state index contributed by atoms with van der Waals surface area (Å²) >= 11 is 0. The van der Waals surface area contributed by atoms with E-state index in [1.54, 1.807) is 24.5 Å². The lowest BCUT2D eigenvalue weighted by molar-refractivity contribution is -0.193. The first-order valence-corrected chi connectivity index (χ1v) is 10.5. The zero-order chi connectivity index (χ0) is 26.5. The van der Waals surface area contributed by atoms with Crippen LogP contribution in [0.25, 0.3) is 10.8 Å². The summed E-state index contributed by atoms with van der Waals surface area (Å²) < 4.78 is 90.4. The molecule has 0 aliphatic carbocycles. The van der Waals surface area contributed by atoms with Crippen LogP contribution in [0.1, 0.15) is 12.0 Å². The third-order valence-corrected chi connectivity index (χ3v) is 6.18. The number of nitrogens with zero attached hydrogens (tertiary/aromatic N) is 2. The summed E-state index contributed by atoms with van der Waals surface area (Å²) in [6.07, 6.45) is -6.10. The van der Waals surface area contributed by atoms with Gasteiger partial charge in [0.1, 0.15) is 0 Å². The van der Waals surface area contributed by atoms with Gasteiger partial charge in [-0.15, -0.1) is 0 Å². The van der Waals surface area contributed by atoms with E-state index in [-0.39, 0.29) is 6.04 Å². The molecule has 1 fully saturated rings. The number of benzene rings is 1. The van der Waals surface area contributed by atoms with Crippen molar-refractivity contribution in [2.45, 2.75) is 36.6 Å². The summed E-state index contributed by atoms with van der Waals surface area (Å²) in [6.45, 7) is 2.80. The number of fused-ring (bicyclic) bond motifs is 1. The average molecular weight is 519 g/mol. The van der Waals surface area contributed by atoms with Crippen LogP contribution in [0.5, 0.6) is 0 Å². The number of hydrogen-bond acceptors (Lipinski definition) is 6. The quantitative estimate of drug-likeness (QED) is 0.512. The molecule has 1 aliphatic heterocycles. The van der Waals surface area contributed by atoms with E-state index in [1.807, 2.05) is 13.0 Å². The second-order valence-corrected chi connectivity index (χ2v) is 8.73. The lowest BCUT2D eigenvalue weighted by Gasteiger charge is -2.17. The fraction of sp³-hybridized carbons (Fsp3) is 0.389. The number of aryl methyl sites for hydroxylation is 1. The van der Waals surface area contributed by atoms with Crippen molar-refractivity contribution in [1.29, 1.82) is 0 Å². The number of halogens is 6. The van der Waals surface area contributed by atoms with Crippen LogP contribution in [-0.2, 0) is 19.6 Å². The van der Waals surface area contributed by atoms with Crippen molar-refractivity contribution in [3.8, 4) is 0 Å². The van der Waals surface area contributed by atoms with Crippen molar-refractivity contribution < 1.29 is 54.6 Å². The third-order valence-electron chi connectivity index (χ3n) is 4.25. The maximum absolute atomic E-state index is 12.7. The summed E-state index contributed by atoms with van der Waals surface area (Å²) in [5.74, 6) is -5.51. The van der Waals surface area contributed by atoms with Gasteiger partial charge in [0, 0.05) is 36.9 Å². The number of pyridine rings is 1. The van der Waals surface area contributed by atoms with Crippen LogP contribution < -0.4 is 5.73 Å². The molecule has 4 N–H and O–H groups in total. The monoisotopic (exact) mass is 519 g/mol. The van der Waals surface area contributed by atoms with Crippen LogP contribution in [0.15, 0.2) is 35.5 Å². The first kappa shape index (κ1) is 29.1. The van der Waals surface area contributed by atoms with Crippen molar-refractivity contribution in [2.24, 2.45) is 5.73 Å². The Balaban J connectivity index is 0.000000343. The summed E-state index contributed by atoms with van der Waals surface area (Å²) in [6, 6.07) is 5.27. The van der Waals surface area contributed by atoms with E-state index in [4.69, 9.17) is 25.5 Å². The van der Waals surface area contributed by atoms with Crippen LogP contribution in [0.4, 0.5) is 26.3 Å². The highest BCUT2D eigenvalue weighted by molar-refractivity contribution is 7.89. The molecular formula is C18H19F6N3O6S. The predicted octanol–water partition coefficient (Wildman–Crippen LogP) is 2.53. The second kappa shape index (κ2) is 11.0. The minimum Gasteiger partial charge on any atom is -0.475 e. The van der Waals surface area contributed by atoms with Crippen molar-refractivity contribution in [2.75, 3.05) is 13.1 Å². The van der Waals surface area contributed by atoms with Crippen molar-refractivity contribution in [3.05, 3.63) is 36.2 Å². The van der Waals surface area contributed by atoms with Gasteiger partial charge >= 0.3 is 24.3 Å². The Bertz CT molecular complexity index is 1110. The molecule has 16 heteroatoms. The first-order valence-electron chi connectivity index (χ1n) is 9.08. The Morgan fingerprint density at radius 3 is 1.94 bits per heavy atom. The number of carboxylic acids is 2. The molecular weight excluding hydrogens is 500 g/mol. The average Bonchev–Trinajstić information content (AvgIpc) is 3.14. The Kier molecular flexibility index (Phi) is 9.37. The van der Waals surface area contributed by atoms with Crippen LogP contribution >= 0.6 is 0 Å². The van der Waals surface area contributed by atoms with E-state index in [9.17, 15) is 34.8 Å². The number of rotatable bonds is 2. The molecule has 1 aromatic carbocycles. The lowest BCUT2D eigenvalue weighted by atomic mass is 10.1. The molecule has 0 saturated carbocycles. The minimum absolute atomic E-state index is 0.0698. The number of alkyl halides is 6. The molecule has 9 nitrogen and oxygen atoms in total. The van der Waals surface area contributed by atoms with Gasteiger partial charge in [-0.3, -0.25) is 4.98 Å². The number of aromatic nitrogens is 1. The van der Waals surface area contributed by atoms with Gasteiger partial charge in [-0.2, -0.15) is 30.6 Å². The number of aliphatic carboxylic acids is 2. The Hall–Kier alpha value is -2.98. The maximum Gasteiger partial charge on any atom is 0.490 e. The maximum atomic E-state index is 12.7. The van der Waals surface area contributed by atoms with Gasteiger partial charge in [-0.1, -0.05) is 12.1 Å².